The molecule has 3 aliphatic heterocycles. The maximum absolute atomic E-state index is 12.3. The summed E-state index contributed by atoms with van der Waals surface area (Å²) in [6.07, 6.45) is 4.73. The van der Waals surface area contributed by atoms with Crippen LogP contribution in [0.4, 0.5) is 5.69 Å². The molecule has 2 bridgehead atoms. The summed E-state index contributed by atoms with van der Waals surface area (Å²) in [6.45, 7) is 3.95. The van der Waals surface area contributed by atoms with Gasteiger partial charge < -0.3 is 19.9 Å². The Labute approximate surface area is 148 Å². The van der Waals surface area contributed by atoms with Gasteiger partial charge in [-0.3, -0.25) is 9.59 Å². The molecular weight excluding hydrogens is 318 g/mol. The van der Waals surface area contributed by atoms with E-state index in [-0.39, 0.29) is 24.0 Å². The van der Waals surface area contributed by atoms with E-state index in [0.29, 0.717) is 12.2 Å². The maximum atomic E-state index is 12.3. The first kappa shape index (κ1) is 16.4. The molecule has 2 amide bonds. The number of carbonyl (C=O) groups is 2. The third-order valence-corrected chi connectivity index (χ3v) is 5.54. The summed E-state index contributed by atoms with van der Waals surface area (Å²) < 4.78 is 5.68. The number of carbonyl (C=O) groups excluding carboxylic acids is 2. The van der Waals surface area contributed by atoms with E-state index in [9.17, 15) is 9.59 Å². The summed E-state index contributed by atoms with van der Waals surface area (Å²) in [7, 11) is 0. The van der Waals surface area contributed by atoms with E-state index in [1.54, 1.807) is 4.90 Å². The van der Waals surface area contributed by atoms with Crippen LogP contribution in [0.3, 0.4) is 0 Å². The number of anilines is 1. The molecule has 3 fully saturated rings. The normalized spacial score (nSPS) is 28.2. The van der Waals surface area contributed by atoms with Crippen molar-refractivity contribution in [1.82, 2.24) is 10.2 Å². The molecule has 0 spiro atoms. The molecule has 3 saturated heterocycles. The van der Waals surface area contributed by atoms with Crippen LogP contribution in [0.15, 0.2) is 24.3 Å². The lowest BCUT2D eigenvalue weighted by molar-refractivity contribution is -0.125. The van der Waals surface area contributed by atoms with Crippen LogP contribution in [0.2, 0.25) is 0 Å². The number of amides is 2. The van der Waals surface area contributed by atoms with Crippen molar-refractivity contribution in [2.45, 2.75) is 37.6 Å². The van der Waals surface area contributed by atoms with Gasteiger partial charge in [0.15, 0.2) is 6.61 Å². The largest absolute Gasteiger partial charge is 0.484 e. The van der Waals surface area contributed by atoms with Crippen molar-refractivity contribution in [1.29, 1.82) is 0 Å². The van der Waals surface area contributed by atoms with Gasteiger partial charge in [-0.1, -0.05) is 6.07 Å². The Bertz CT molecular complexity index is 674. The highest BCUT2D eigenvalue weighted by atomic mass is 16.5. The van der Waals surface area contributed by atoms with Gasteiger partial charge in [-0.15, -0.1) is 0 Å². The summed E-state index contributed by atoms with van der Waals surface area (Å²) in [6, 6.07) is 7.44. The minimum absolute atomic E-state index is 0.0130. The SMILES string of the molecule is O=C(COc1cccc(N2CCCC2=O)c1)NC12CCCN(CC1)C2. The highest BCUT2D eigenvalue weighted by Gasteiger charge is 2.41. The van der Waals surface area contributed by atoms with E-state index in [1.165, 1.54) is 0 Å². The summed E-state index contributed by atoms with van der Waals surface area (Å²) in [4.78, 5) is 28.4. The van der Waals surface area contributed by atoms with E-state index in [0.717, 1.165) is 57.5 Å². The second-order valence-electron chi connectivity index (χ2n) is 7.39. The molecule has 0 radical (unpaired) electrons. The lowest BCUT2D eigenvalue weighted by Gasteiger charge is -2.34. The fourth-order valence-corrected chi connectivity index (χ4v) is 4.30. The molecule has 0 aliphatic carbocycles. The number of fused-ring (bicyclic) bond motifs is 2. The molecule has 2 unspecified atom stereocenters. The molecule has 0 saturated carbocycles. The Balaban J connectivity index is 1.33. The number of hydrogen-bond donors (Lipinski definition) is 1. The van der Waals surface area contributed by atoms with Crippen LogP contribution in [0, 0.1) is 0 Å². The molecule has 1 N–H and O–H groups in total. The van der Waals surface area contributed by atoms with Crippen LogP contribution in [0.5, 0.6) is 5.75 Å². The third kappa shape index (κ3) is 3.49. The van der Waals surface area contributed by atoms with Gasteiger partial charge in [-0.25, -0.2) is 0 Å². The molecule has 2 atom stereocenters. The maximum Gasteiger partial charge on any atom is 0.258 e. The van der Waals surface area contributed by atoms with Gasteiger partial charge in [0.05, 0.1) is 5.54 Å². The van der Waals surface area contributed by atoms with Gasteiger partial charge in [0.1, 0.15) is 5.75 Å². The second kappa shape index (κ2) is 6.67. The summed E-state index contributed by atoms with van der Waals surface area (Å²) in [5, 5.41) is 3.20. The predicted molar refractivity (Wildman–Crippen MR) is 94.7 cm³/mol. The average Bonchev–Trinajstić information content (AvgIpc) is 3.16. The minimum atomic E-state index is -0.0635. The van der Waals surface area contributed by atoms with E-state index < -0.39 is 0 Å². The standard InChI is InChI=1S/C19H25N3O3/c23-17(20-19-7-3-9-21(14-19)11-8-19)13-25-16-5-1-4-15(12-16)22-10-2-6-18(22)24/h1,4-5,12H,2-3,6-11,13-14H2,(H,20,23). The van der Waals surface area contributed by atoms with Gasteiger partial charge >= 0.3 is 0 Å². The molecule has 1 aromatic carbocycles. The molecule has 4 rings (SSSR count). The Kier molecular flexibility index (Phi) is 4.37. The Morgan fingerprint density at radius 2 is 2.12 bits per heavy atom. The molecule has 3 heterocycles. The second-order valence-corrected chi connectivity index (χ2v) is 7.39. The van der Waals surface area contributed by atoms with Crippen LogP contribution in [0.25, 0.3) is 0 Å². The fraction of sp³-hybridized carbons (Fsp3) is 0.579. The van der Waals surface area contributed by atoms with Crippen LogP contribution in [-0.2, 0) is 9.59 Å². The van der Waals surface area contributed by atoms with Gasteiger partial charge in [0.2, 0.25) is 5.91 Å². The first-order valence-corrected chi connectivity index (χ1v) is 9.20. The zero-order chi connectivity index (χ0) is 17.3. The van der Waals surface area contributed by atoms with Crippen LogP contribution in [0.1, 0.15) is 32.1 Å². The van der Waals surface area contributed by atoms with Crippen molar-refractivity contribution >= 4 is 17.5 Å². The lowest BCUT2D eigenvalue weighted by Crippen LogP contribution is -2.53. The minimum Gasteiger partial charge on any atom is -0.484 e. The van der Waals surface area contributed by atoms with Crippen molar-refractivity contribution in [3.8, 4) is 5.75 Å². The van der Waals surface area contributed by atoms with Crippen molar-refractivity contribution in [3.63, 3.8) is 0 Å². The Morgan fingerprint density at radius 1 is 1.20 bits per heavy atom. The highest BCUT2D eigenvalue weighted by Crippen LogP contribution is 2.31. The number of nitrogens with zero attached hydrogens (tertiary/aromatic N) is 2. The summed E-state index contributed by atoms with van der Waals surface area (Å²) in [5.74, 6) is 0.713. The van der Waals surface area contributed by atoms with Crippen molar-refractivity contribution in [2.24, 2.45) is 0 Å². The molecule has 134 valence electrons. The molecular formula is C19H25N3O3. The van der Waals surface area contributed by atoms with Crippen molar-refractivity contribution < 1.29 is 14.3 Å². The number of rotatable bonds is 5. The summed E-state index contributed by atoms with van der Waals surface area (Å²) in [5.41, 5.74) is 0.792. The molecule has 1 aromatic rings. The number of nitrogens with one attached hydrogen (secondary N) is 1. The number of hydrogen-bond acceptors (Lipinski definition) is 4. The van der Waals surface area contributed by atoms with Gasteiger partial charge in [-0.2, -0.15) is 0 Å². The zero-order valence-electron chi connectivity index (χ0n) is 14.5. The quantitative estimate of drug-likeness (QED) is 0.881. The van der Waals surface area contributed by atoms with E-state index in [2.05, 4.69) is 10.2 Å². The van der Waals surface area contributed by atoms with Crippen LogP contribution < -0.4 is 15.0 Å². The number of piperidine rings is 1. The van der Waals surface area contributed by atoms with Gasteiger partial charge in [-0.05, 0) is 44.4 Å². The van der Waals surface area contributed by atoms with Crippen LogP contribution in [-0.4, -0.2) is 55.0 Å². The molecule has 25 heavy (non-hydrogen) atoms. The average molecular weight is 343 g/mol. The first-order chi connectivity index (χ1) is 12.1. The monoisotopic (exact) mass is 343 g/mol. The van der Waals surface area contributed by atoms with Crippen LogP contribution >= 0.6 is 0 Å². The fourth-order valence-electron chi connectivity index (χ4n) is 4.30. The number of ether oxygens (including phenoxy) is 1. The van der Waals surface area contributed by atoms with E-state index in [1.807, 2.05) is 24.3 Å². The topological polar surface area (TPSA) is 61.9 Å². The highest BCUT2D eigenvalue weighted by molar-refractivity contribution is 5.95. The summed E-state index contributed by atoms with van der Waals surface area (Å²) >= 11 is 0. The van der Waals surface area contributed by atoms with E-state index in [4.69, 9.17) is 4.74 Å². The molecule has 3 aliphatic rings. The zero-order valence-corrected chi connectivity index (χ0v) is 14.5. The van der Waals surface area contributed by atoms with Gasteiger partial charge in [0, 0.05) is 37.8 Å². The van der Waals surface area contributed by atoms with Crippen molar-refractivity contribution in [2.75, 3.05) is 37.7 Å². The smallest absolute Gasteiger partial charge is 0.258 e. The lowest BCUT2D eigenvalue weighted by atomic mass is 9.90. The van der Waals surface area contributed by atoms with Gasteiger partial charge in [0.25, 0.3) is 5.91 Å². The number of benzene rings is 1. The third-order valence-electron chi connectivity index (χ3n) is 5.54. The van der Waals surface area contributed by atoms with Crippen molar-refractivity contribution in [3.05, 3.63) is 24.3 Å². The van der Waals surface area contributed by atoms with E-state index >= 15 is 0 Å². The Hall–Kier alpha value is -2.08. The predicted octanol–water partition coefficient (Wildman–Crippen LogP) is 1.55. The molecule has 6 heteroatoms. The molecule has 6 nitrogen and oxygen atoms in total. The first-order valence-electron chi connectivity index (χ1n) is 9.20. The Morgan fingerprint density at radius 3 is 2.96 bits per heavy atom. The molecule has 0 aromatic heterocycles.